The molecule has 0 fully saturated rings. The van der Waals surface area contributed by atoms with E-state index in [1.54, 1.807) is 11.6 Å². The van der Waals surface area contributed by atoms with Crippen LogP contribution in [0.2, 0.25) is 0 Å². The molecular weight excluding hydrogens is 178 g/mol. The molecule has 0 atom stereocenters. The third-order valence-corrected chi connectivity index (χ3v) is 1.89. The molecule has 0 aliphatic carbocycles. The Kier molecular flexibility index (Phi) is 3.28. The van der Waals surface area contributed by atoms with Crippen LogP contribution in [0.3, 0.4) is 0 Å². The number of aryl methyl sites for hydroxylation is 1. The average Bonchev–Trinajstić information content (AvgIpc) is 2.42. The number of terminal acetylenes is 1. The van der Waals surface area contributed by atoms with Gasteiger partial charge >= 0.3 is 0 Å². The minimum atomic E-state index is 0.250. The summed E-state index contributed by atoms with van der Waals surface area (Å²) in [5, 5.41) is 13.0. The number of nitriles is 1. The van der Waals surface area contributed by atoms with Crippen LogP contribution in [0, 0.1) is 37.5 Å². The zero-order chi connectivity index (χ0) is 10.6. The Labute approximate surface area is 83.1 Å². The summed E-state index contributed by atoms with van der Waals surface area (Å²) in [6.45, 7) is 4.17. The number of hydrogen-bond donors (Lipinski definition) is 0. The fraction of sp³-hybridized carbons (Fsp3) is 0.400. The number of nitrogens with zero attached hydrogens (tertiary/aromatic N) is 3. The highest BCUT2D eigenvalue weighted by molar-refractivity contribution is 5.36. The molecule has 1 rings (SSSR count). The van der Waals surface area contributed by atoms with Gasteiger partial charge in [0.05, 0.1) is 17.0 Å². The lowest BCUT2D eigenvalue weighted by Crippen LogP contribution is -2.06. The standard InChI is InChI=1S/C10H11N3O/c1-4-5-14-7-13-9(3)10(6-11)8(2)12-13/h1H,5,7H2,2-3H3. The van der Waals surface area contributed by atoms with Gasteiger partial charge in [-0.05, 0) is 13.8 Å². The van der Waals surface area contributed by atoms with Crippen molar-refractivity contribution < 1.29 is 4.74 Å². The van der Waals surface area contributed by atoms with Crippen LogP contribution in [0.15, 0.2) is 0 Å². The van der Waals surface area contributed by atoms with Crippen LogP contribution in [-0.4, -0.2) is 16.4 Å². The summed E-state index contributed by atoms with van der Waals surface area (Å²) in [4.78, 5) is 0. The Morgan fingerprint density at radius 2 is 2.29 bits per heavy atom. The van der Waals surface area contributed by atoms with Crippen molar-refractivity contribution in [3.05, 3.63) is 17.0 Å². The molecule has 0 amide bonds. The molecule has 0 aliphatic rings. The first kappa shape index (κ1) is 10.3. The highest BCUT2D eigenvalue weighted by Gasteiger charge is 2.09. The first-order chi connectivity index (χ1) is 6.70. The van der Waals surface area contributed by atoms with Crippen molar-refractivity contribution in [2.24, 2.45) is 0 Å². The average molecular weight is 189 g/mol. The summed E-state index contributed by atoms with van der Waals surface area (Å²) in [5.74, 6) is 2.36. The summed E-state index contributed by atoms with van der Waals surface area (Å²) >= 11 is 0. The smallest absolute Gasteiger partial charge is 0.140 e. The zero-order valence-electron chi connectivity index (χ0n) is 8.24. The van der Waals surface area contributed by atoms with Gasteiger partial charge in [-0.25, -0.2) is 4.68 Å². The molecule has 1 aromatic rings. The maximum absolute atomic E-state index is 8.81. The molecule has 0 radical (unpaired) electrons. The number of rotatable bonds is 3. The van der Waals surface area contributed by atoms with E-state index >= 15 is 0 Å². The molecule has 4 nitrogen and oxygen atoms in total. The van der Waals surface area contributed by atoms with E-state index in [-0.39, 0.29) is 6.61 Å². The summed E-state index contributed by atoms with van der Waals surface area (Å²) in [5.41, 5.74) is 2.13. The minimum Gasteiger partial charge on any atom is -0.347 e. The molecule has 1 heterocycles. The second-order valence-electron chi connectivity index (χ2n) is 2.84. The Morgan fingerprint density at radius 1 is 1.57 bits per heavy atom. The van der Waals surface area contributed by atoms with E-state index < -0.39 is 0 Å². The lowest BCUT2D eigenvalue weighted by molar-refractivity contribution is 0.0930. The molecule has 0 aliphatic heterocycles. The third kappa shape index (κ3) is 1.93. The molecule has 72 valence electrons. The van der Waals surface area contributed by atoms with Crippen molar-refractivity contribution in [2.75, 3.05) is 6.61 Å². The van der Waals surface area contributed by atoms with Crippen molar-refractivity contribution in [3.63, 3.8) is 0 Å². The minimum absolute atomic E-state index is 0.250. The van der Waals surface area contributed by atoms with Crippen LogP contribution >= 0.6 is 0 Å². The van der Waals surface area contributed by atoms with Crippen LogP contribution in [0.1, 0.15) is 17.0 Å². The molecular formula is C10H11N3O. The summed E-state index contributed by atoms with van der Waals surface area (Å²) in [6, 6.07) is 2.10. The zero-order valence-corrected chi connectivity index (χ0v) is 8.24. The molecule has 14 heavy (non-hydrogen) atoms. The van der Waals surface area contributed by atoms with Gasteiger partial charge in [0.15, 0.2) is 0 Å². The normalized spacial score (nSPS) is 9.43. The topological polar surface area (TPSA) is 50.8 Å². The van der Waals surface area contributed by atoms with E-state index in [4.69, 9.17) is 16.4 Å². The maximum Gasteiger partial charge on any atom is 0.140 e. The van der Waals surface area contributed by atoms with Crippen molar-refractivity contribution in [1.29, 1.82) is 5.26 Å². The van der Waals surface area contributed by atoms with Gasteiger partial charge in [0, 0.05) is 0 Å². The fourth-order valence-corrected chi connectivity index (χ4v) is 1.18. The Balaban J connectivity index is 2.80. The SMILES string of the molecule is C#CCOCn1nc(C)c(C#N)c1C. The van der Waals surface area contributed by atoms with Gasteiger partial charge in [-0.15, -0.1) is 6.42 Å². The van der Waals surface area contributed by atoms with Crippen LogP contribution in [0.25, 0.3) is 0 Å². The van der Waals surface area contributed by atoms with Crippen LogP contribution < -0.4 is 0 Å². The molecule has 0 saturated carbocycles. The second kappa shape index (κ2) is 4.45. The molecule has 1 aromatic heterocycles. The summed E-state index contributed by atoms with van der Waals surface area (Å²) < 4.78 is 6.75. The largest absolute Gasteiger partial charge is 0.347 e. The van der Waals surface area contributed by atoms with E-state index in [2.05, 4.69) is 17.1 Å². The highest BCUT2D eigenvalue weighted by Crippen LogP contribution is 2.10. The Bertz CT molecular complexity index is 406. The number of aromatic nitrogens is 2. The van der Waals surface area contributed by atoms with Gasteiger partial charge in [-0.1, -0.05) is 5.92 Å². The molecule has 4 heteroatoms. The van der Waals surface area contributed by atoms with Gasteiger partial charge in [-0.3, -0.25) is 0 Å². The van der Waals surface area contributed by atoms with E-state index in [1.807, 2.05) is 6.92 Å². The monoisotopic (exact) mass is 189 g/mol. The maximum atomic E-state index is 8.81. The molecule has 0 unspecified atom stereocenters. The van der Waals surface area contributed by atoms with E-state index in [0.29, 0.717) is 18.0 Å². The summed E-state index contributed by atoms with van der Waals surface area (Å²) in [6.07, 6.45) is 5.03. The second-order valence-corrected chi connectivity index (χ2v) is 2.84. The first-order valence-corrected chi connectivity index (χ1v) is 4.16. The van der Waals surface area contributed by atoms with E-state index in [1.165, 1.54) is 0 Å². The molecule has 0 aromatic carbocycles. The van der Waals surface area contributed by atoms with Crippen LogP contribution in [0.4, 0.5) is 0 Å². The molecule has 0 N–H and O–H groups in total. The van der Waals surface area contributed by atoms with Crippen molar-refractivity contribution >= 4 is 0 Å². The van der Waals surface area contributed by atoms with Gasteiger partial charge < -0.3 is 4.74 Å². The molecule has 0 saturated heterocycles. The van der Waals surface area contributed by atoms with Crippen molar-refractivity contribution in [2.45, 2.75) is 20.6 Å². The molecule has 0 bridgehead atoms. The summed E-state index contributed by atoms with van der Waals surface area (Å²) in [7, 11) is 0. The lowest BCUT2D eigenvalue weighted by atomic mass is 10.2. The van der Waals surface area contributed by atoms with Crippen LogP contribution in [0.5, 0.6) is 0 Å². The first-order valence-electron chi connectivity index (χ1n) is 4.16. The van der Waals surface area contributed by atoms with Crippen LogP contribution in [-0.2, 0) is 11.5 Å². The Morgan fingerprint density at radius 3 is 2.79 bits per heavy atom. The van der Waals surface area contributed by atoms with Gasteiger partial charge in [0.25, 0.3) is 0 Å². The lowest BCUT2D eigenvalue weighted by Gasteiger charge is -2.02. The molecule has 0 spiro atoms. The number of ether oxygens (including phenoxy) is 1. The highest BCUT2D eigenvalue weighted by atomic mass is 16.5. The fourth-order valence-electron chi connectivity index (χ4n) is 1.18. The van der Waals surface area contributed by atoms with Gasteiger partial charge in [0.2, 0.25) is 0 Å². The van der Waals surface area contributed by atoms with Crippen molar-refractivity contribution in [3.8, 4) is 18.4 Å². The van der Waals surface area contributed by atoms with E-state index in [9.17, 15) is 0 Å². The van der Waals surface area contributed by atoms with Gasteiger partial charge in [-0.2, -0.15) is 10.4 Å². The Hall–Kier alpha value is -1.78. The predicted molar refractivity (Wildman–Crippen MR) is 51.2 cm³/mol. The van der Waals surface area contributed by atoms with E-state index in [0.717, 1.165) is 5.69 Å². The van der Waals surface area contributed by atoms with Gasteiger partial charge in [0.1, 0.15) is 19.4 Å². The van der Waals surface area contributed by atoms with Crippen molar-refractivity contribution in [1.82, 2.24) is 9.78 Å². The predicted octanol–water partition coefficient (Wildman–Crippen LogP) is 0.979. The number of hydrogen-bond acceptors (Lipinski definition) is 3. The third-order valence-electron chi connectivity index (χ3n) is 1.89. The quantitative estimate of drug-likeness (QED) is 0.526.